The van der Waals surface area contributed by atoms with Gasteiger partial charge in [0.15, 0.2) is 9.84 Å². The highest BCUT2D eigenvalue weighted by atomic mass is 32.2. The molecule has 0 aromatic heterocycles. The van der Waals surface area contributed by atoms with Gasteiger partial charge in [0.25, 0.3) is 0 Å². The molecule has 3 nitrogen and oxygen atoms in total. The van der Waals surface area contributed by atoms with Gasteiger partial charge in [0.1, 0.15) is 11.6 Å². The van der Waals surface area contributed by atoms with Crippen molar-refractivity contribution in [1.82, 2.24) is 0 Å². The summed E-state index contributed by atoms with van der Waals surface area (Å²) in [6.45, 7) is 0. The van der Waals surface area contributed by atoms with Crippen molar-refractivity contribution in [2.24, 2.45) is 0 Å². The number of hydrogen-bond acceptors (Lipinski definition) is 3. The molecular weight excluding hydrogens is 322 g/mol. The first-order valence-electron chi connectivity index (χ1n) is 6.92. The highest BCUT2D eigenvalue weighted by molar-refractivity contribution is 7.91. The Morgan fingerprint density at radius 3 is 2.43 bits per heavy atom. The molecular formula is C17H16F2O3S. The first kappa shape index (κ1) is 17.3. The van der Waals surface area contributed by atoms with E-state index in [1.165, 1.54) is 6.08 Å². The van der Waals surface area contributed by atoms with Crippen molar-refractivity contribution in [3.63, 3.8) is 0 Å². The summed E-state index contributed by atoms with van der Waals surface area (Å²) < 4.78 is 50.3. The maximum absolute atomic E-state index is 13.5. The lowest BCUT2D eigenvalue weighted by Gasteiger charge is -2.11. The van der Waals surface area contributed by atoms with Crippen LogP contribution in [-0.4, -0.2) is 25.0 Å². The molecule has 0 aliphatic rings. The number of aliphatic hydroxyl groups is 1. The highest BCUT2D eigenvalue weighted by Crippen LogP contribution is 2.20. The maximum atomic E-state index is 13.5. The first-order valence-corrected chi connectivity index (χ1v) is 8.74. The standard InChI is InChI=1S/C17H16F2O3S/c18-14-8-9-15(16(19)11-14)17(20)12-23(21,22)10-4-7-13-5-2-1-3-6-13/h1-9,11,17,20H,10,12H2. The van der Waals surface area contributed by atoms with Gasteiger partial charge in [-0.1, -0.05) is 48.6 Å². The van der Waals surface area contributed by atoms with Crippen LogP contribution >= 0.6 is 0 Å². The predicted molar refractivity (Wildman–Crippen MR) is 85.4 cm³/mol. The summed E-state index contributed by atoms with van der Waals surface area (Å²) in [6.07, 6.45) is 1.59. The van der Waals surface area contributed by atoms with Crippen LogP contribution in [0.1, 0.15) is 17.2 Å². The molecule has 1 atom stereocenters. The third-order valence-corrected chi connectivity index (χ3v) is 4.72. The summed E-state index contributed by atoms with van der Waals surface area (Å²) >= 11 is 0. The molecule has 0 bridgehead atoms. The first-order chi connectivity index (χ1) is 10.9. The molecule has 1 unspecified atom stereocenters. The van der Waals surface area contributed by atoms with E-state index >= 15 is 0 Å². The summed E-state index contributed by atoms with van der Waals surface area (Å²) in [5.74, 6) is -2.66. The molecule has 0 heterocycles. The van der Waals surface area contributed by atoms with Crippen LogP contribution in [0, 0.1) is 11.6 Å². The van der Waals surface area contributed by atoms with Crippen LogP contribution in [-0.2, 0) is 9.84 Å². The number of sulfone groups is 1. The number of hydrogen-bond donors (Lipinski definition) is 1. The molecule has 122 valence electrons. The lowest BCUT2D eigenvalue weighted by Crippen LogP contribution is -2.17. The van der Waals surface area contributed by atoms with Crippen LogP contribution < -0.4 is 0 Å². The molecule has 0 fully saturated rings. The van der Waals surface area contributed by atoms with E-state index in [-0.39, 0.29) is 11.3 Å². The van der Waals surface area contributed by atoms with Gasteiger partial charge < -0.3 is 5.11 Å². The van der Waals surface area contributed by atoms with Crippen LogP contribution in [0.4, 0.5) is 8.78 Å². The number of benzene rings is 2. The van der Waals surface area contributed by atoms with E-state index in [9.17, 15) is 22.3 Å². The van der Waals surface area contributed by atoms with Crippen LogP contribution in [0.25, 0.3) is 6.08 Å². The Labute approximate surface area is 133 Å². The molecule has 2 rings (SSSR count). The van der Waals surface area contributed by atoms with Gasteiger partial charge in [-0.25, -0.2) is 17.2 Å². The third-order valence-electron chi connectivity index (χ3n) is 3.19. The Morgan fingerprint density at radius 1 is 1.09 bits per heavy atom. The molecule has 6 heteroatoms. The summed E-state index contributed by atoms with van der Waals surface area (Å²) in [5, 5.41) is 9.88. The van der Waals surface area contributed by atoms with Crippen molar-refractivity contribution in [1.29, 1.82) is 0 Å². The normalized spacial score (nSPS) is 13.3. The topological polar surface area (TPSA) is 54.4 Å². The van der Waals surface area contributed by atoms with E-state index in [0.717, 1.165) is 17.7 Å². The fourth-order valence-electron chi connectivity index (χ4n) is 2.07. The number of aliphatic hydroxyl groups excluding tert-OH is 1. The highest BCUT2D eigenvalue weighted by Gasteiger charge is 2.20. The minimum Gasteiger partial charge on any atom is -0.387 e. The molecule has 0 saturated heterocycles. The minimum absolute atomic E-state index is 0.234. The van der Waals surface area contributed by atoms with Gasteiger partial charge >= 0.3 is 0 Å². The largest absolute Gasteiger partial charge is 0.387 e. The Balaban J connectivity index is 2.01. The van der Waals surface area contributed by atoms with Crippen molar-refractivity contribution in [2.75, 3.05) is 11.5 Å². The lowest BCUT2D eigenvalue weighted by molar-refractivity contribution is 0.196. The second-order valence-electron chi connectivity index (χ2n) is 5.07. The summed E-state index contributed by atoms with van der Waals surface area (Å²) in [4.78, 5) is 0. The van der Waals surface area contributed by atoms with Gasteiger partial charge in [0, 0.05) is 11.6 Å². The zero-order chi connectivity index (χ0) is 16.9. The second kappa shape index (κ2) is 7.48. The summed E-state index contributed by atoms with van der Waals surface area (Å²) in [6, 6.07) is 11.8. The van der Waals surface area contributed by atoms with E-state index in [2.05, 4.69) is 0 Å². The fraction of sp³-hybridized carbons (Fsp3) is 0.176. The molecule has 2 aromatic carbocycles. The van der Waals surface area contributed by atoms with Crippen LogP contribution in [0.5, 0.6) is 0 Å². The quantitative estimate of drug-likeness (QED) is 0.880. The van der Waals surface area contributed by atoms with E-state index < -0.39 is 33.3 Å². The Morgan fingerprint density at radius 2 is 1.78 bits per heavy atom. The van der Waals surface area contributed by atoms with E-state index in [1.807, 2.05) is 30.3 Å². The molecule has 23 heavy (non-hydrogen) atoms. The van der Waals surface area contributed by atoms with Crippen molar-refractivity contribution in [3.05, 3.63) is 77.4 Å². The SMILES string of the molecule is O=S(=O)(CC=Cc1ccccc1)CC(O)c1ccc(F)cc1F. The van der Waals surface area contributed by atoms with Crippen LogP contribution in [0.15, 0.2) is 54.6 Å². The fourth-order valence-corrected chi connectivity index (χ4v) is 3.25. The second-order valence-corrected chi connectivity index (χ2v) is 7.23. The molecule has 2 aromatic rings. The average molecular weight is 338 g/mol. The Hall–Kier alpha value is -2.05. The number of halogens is 2. The van der Waals surface area contributed by atoms with E-state index in [4.69, 9.17) is 0 Å². The van der Waals surface area contributed by atoms with Gasteiger partial charge in [-0.2, -0.15) is 0 Å². The lowest BCUT2D eigenvalue weighted by atomic mass is 10.1. The zero-order valence-corrected chi connectivity index (χ0v) is 13.0. The van der Waals surface area contributed by atoms with Gasteiger partial charge in [-0.05, 0) is 11.6 Å². The van der Waals surface area contributed by atoms with Crippen molar-refractivity contribution in [3.8, 4) is 0 Å². The summed E-state index contributed by atoms with van der Waals surface area (Å²) in [5.41, 5.74) is 0.620. The number of rotatable bonds is 6. The Kier molecular flexibility index (Phi) is 5.63. The average Bonchev–Trinajstić information content (AvgIpc) is 2.47. The Bertz CT molecular complexity index is 787. The van der Waals surface area contributed by atoms with E-state index in [0.29, 0.717) is 6.07 Å². The summed E-state index contributed by atoms with van der Waals surface area (Å²) in [7, 11) is -3.62. The van der Waals surface area contributed by atoms with Gasteiger partial charge in [-0.3, -0.25) is 0 Å². The van der Waals surface area contributed by atoms with Crippen molar-refractivity contribution in [2.45, 2.75) is 6.10 Å². The van der Waals surface area contributed by atoms with Crippen LogP contribution in [0.2, 0.25) is 0 Å². The van der Waals surface area contributed by atoms with Gasteiger partial charge in [0.05, 0.1) is 17.6 Å². The van der Waals surface area contributed by atoms with Crippen LogP contribution in [0.3, 0.4) is 0 Å². The molecule has 0 aliphatic carbocycles. The smallest absolute Gasteiger partial charge is 0.156 e. The van der Waals surface area contributed by atoms with Gasteiger partial charge in [-0.15, -0.1) is 0 Å². The molecule has 0 aliphatic heterocycles. The zero-order valence-electron chi connectivity index (χ0n) is 12.2. The monoisotopic (exact) mass is 338 g/mol. The minimum atomic E-state index is -3.62. The van der Waals surface area contributed by atoms with E-state index in [1.54, 1.807) is 6.08 Å². The third kappa shape index (κ3) is 5.26. The van der Waals surface area contributed by atoms with Gasteiger partial charge in [0.2, 0.25) is 0 Å². The van der Waals surface area contributed by atoms with Crippen molar-refractivity contribution >= 4 is 15.9 Å². The molecule has 1 N–H and O–H groups in total. The predicted octanol–water partition coefficient (Wildman–Crippen LogP) is 3.13. The molecule has 0 amide bonds. The maximum Gasteiger partial charge on any atom is 0.156 e. The molecule has 0 radical (unpaired) electrons. The molecule has 0 saturated carbocycles. The van der Waals surface area contributed by atoms with Crippen molar-refractivity contribution < 1.29 is 22.3 Å². The molecule has 0 spiro atoms.